The maximum absolute atomic E-state index is 14.1. The molecule has 5 amide bonds. The second-order valence-electron chi connectivity index (χ2n) is 10.1. The van der Waals surface area contributed by atoms with Crippen LogP contribution in [0.25, 0.3) is 0 Å². The molecule has 1 saturated heterocycles. The highest BCUT2D eigenvalue weighted by atomic mass is 19.4. The molecule has 2 aromatic rings. The van der Waals surface area contributed by atoms with E-state index in [2.05, 4.69) is 10.6 Å². The Balaban J connectivity index is 1.39. The number of hydrogen-bond donors (Lipinski definition) is 2. The van der Waals surface area contributed by atoms with E-state index in [9.17, 15) is 36.7 Å². The summed E-state index contributed by atoms with van der Waals surface area (Å²) in [6.45, 7) is -1.42. The second-order valence-corrected chi connectivity index (χ2v) is 10.1. The number of urea groups is 1. The molecular formula is C27H26F4N4O5. The maximum Gasteiger partial charge on any atom is 0.418 e. The second kappa shape index (κ2) is 10.1. The first-order valence-electron chi connectivity index (χ1n) is 12.7. The molecule has 2 aromatic carbocycles. The first-order chi connectivity index (χ1) is 18.9. The summed E-state index contributed by atoms with van der Waals surface area (Å²) in [5.41, 5.74) is 0.0422. The van der Waals surface area contributed by atoms with Crippen molar-refractivity contribution in [3.63, 3.8) is 0 Å². The van der Waals surface area contributed by atoms with Gasteiger partial charge in [0.1, 0.15) is 18.4 Å². The minimum absolute atomic E-state index is 0.0770. The topological polar surface area (TPSA) is 108 Å². The SMILES string of the molecule is CNC(=O)Nc1ccc2c(c1)CCC21OC(=O)N(CC(=O)N(Cc2ccc(F)cc2)[C@H](C2CC2)C(F)(F)F)C1=O. The van der Waals surface area contributed by atoms with Crippen molar-refractivity contribution in [2.24, 2.45) is 5.92 Å². The van der Waals surface area contributed by atoms with Crippen LogP contribution in [0.1, 0.15) is 36.0 Å². The van der Waals surface area contributed by atoms with E-state index >= 15 is 0 Å². The number of fused-ring (bicyclic) bond motifs is 2. The minimum atomic E-state index is -4.75. The maximum atomic E-state index is 14.1. The van der Waals surface area contributed by atoms with Gasteiger partial charge in [-0.15, -0.1) is 0 Å². The number of nitrogens with zero attached hydrogens (tertiary/aromatic N) is 2. The van der Waals surface area contributed by atoms with Crippen LogP contribution >= 0.6 is 0 Å². The number of aryl methyl sites for hydroxylation is 1. The summed E-state index contributed by atoms with van der Waals surface area (Å²) in [5, 5.41) is 5.03. The lowest BCUT2D eigenvalue weighted by Gasteiger charge is -2.34. The highest BCUT2D eigenvalue weighted by Gasteiger charge is 2.59. The first-order valence-corrected chi connectivity index (χ1v) is 12.7. The fourth-order valence-corrected chi connectivity index (χ4v) is 5.39. The fraction of sp³-hybridized carbons (Fsp3) is 0.407. The number of amides is 5. The lowest BCUT2D eigenvalue weighted by atomic mass is 9.94. The minimum Gasteiger partial charge on any atom is -0.427 e. The summed E-state index contributed by atoms with van der Waals surface area (Å²) in [5.74, 6) is -3.31. The van der Waals surface area contributed by atoms with Gasteiger partial charge in [-0.05, 0) is 60.6 Å². The molecule has 5 rings (SSSR count). The van der Waals surface area contributed by atoms with E-state index in [1.165, 1.54) is 31.3 Å². The summed E-state index contributed by atoms with van der Waals surface area (Å²) >= 11 is 0. The van der Waals surface area contributed by atoms with E-state index in [1.807, 2.05) is 0 Å². The van der Waals surface area contributed by atoms with Gasteiger partial charge in [-0.3, -0.25) is 9.59 Å². The highest BCUT2D eigenvalue weighted by molar-refractivity contribution is 6.06. The highest BCUT2D eigenvalue weighted by Crippen LogP contribution is 2.47. The molecule has 1 saturated carbocycles. The molecule has 9 nitrogen and oxygen atoms in total. The summed E-state index contributed by atoms with van der Waals surface area (Å²) in [4.78, 5) is 52.6. The van der Waals surface area contributed by atoms with Crippen LogP contribution in [0.5, 0.6) is 0 Å². The number of halogens is 4. The smallest absolute Gasteiger partial charge is 0.418 e. The Kier molecular flexibility index (Phi) is 6.92. The van der Waals surface area contributed by atoms with Crippen molar-refractivity contribution >= 4 is 29.6 Å². The van der Waals surface area contributed by atoms with Gasteiger partial charge in [0.05, 0.1) is 0 Å². The lowest BCUT2D eigenvalue weighted by Crippen LogP contribution is -2.53. The molecule has 1 unspecified atom stereocenters. The molecule has 2 N–H and O–H groups in total. The molecule has 2 atom stereocenters. The van der Waals surface area contributed by atoms with Crippen LogP contribution in [-0.2, 0) is 32.9 Å². The zero-order valence-electron chi connectivity index (χ0n) is 21.4. The Hall–Kier alpha value is -4.16. The molecule has 0 aromatic heterocycles. The Morgan fingerprint density at radius 3 is 2.48 bits per heavy atom. The number of rotatable bonds is 7. The summed E-state index contributed by atoms with van der Waals surface area (Å²) < 4.78 is 61.3. The summed E-state index contributed by atoms with van der Waals surface area (Å²) in [6, 6.07) is 6.86. The van der Waals surface area contributed by atoms with Crippen LogP contribution < -0.4 is 10.6 Å². The molecule has 3 aliphatic rings. The molecule has 1 spiro atoms. The number of hydrogen-bond acceptors (Lipinski definition) is 5. The van der Waals surface area contributed by atoms with Crippen molar-refractivity contribution in [1.29, 1.82) is 0 Å². The van der Waals surface area contributed by atoms with E-state index < -0.39 is 66.6 Å². The van der Waals surface area contributed by atoms with Crippen molar-refractivity contribution in [3.05, 3.63) is 65.0 Å². The zero-order valence-corrected chi connectivity index (χ0v) is 21.4. The van der Waals surface area contributed by atoms with Crippen molar-refractivity contribution in [2.45, 2.75) is 50.0 Å². The third-order valence-corrected chi connectivity index (χ3v) is 7.46. The predicted molar refractivity (Wildman–Crippen MR) is 132 cm³/mol. The number of alkyl halides is 3. The number of nitrogens with one attached hydrogen (secondary N) is 2. The van der Waals surface area contributed by atoms with Gasteiger partial charge in [0.2, 0.25) is 11.5 Å². The van der Waals surface area contributed by atoms with Crippen LogP contribution in [0.2, 0.25) is 0 Å². The van der Waals surface area contributed by atoms with E-state index in [0.29, 0.717) is 33.0 Å². The average molecular weight is 563 g/mol. The Morgan fingerprint density at radius 2 is 1.85 bits per heavy atom. The summed E-state index contributed by atoms with van der Waals surface area (Å²) in [6.07, 6.45) is -4.92. The van der Waals surface area contributed by atoms with Crippen molar-refractivity contribution in [1.82, 2.24) is 15.1 Å². The van der Waals surface area contributed by atoms with Gasteiger partial charge in [-0.1, -0.05) is 18.2 Å². The fourth-order valence-electron chi connectivity index (χ4n) is 5.39. The lowest BCUT2D eigenvalue weighted by molar-refractivity contribution is -0.196. The third-order valence-electron chi connectivity index (χ3n) is 7.46. The van der Waals surface area contributed by atoms with Gasteiger partial charge >= 0.3 is 18.3 Å². The quantitative estimate of drug-likeness (QED) is 0.495. The van der Waals surface area contributed by atoms with Crippen LogP contribution in [0.3, 0.4) is 0 Å². The van der Waals surface area contributed by atoms with E-state index in [4.69, 9.17) is 4.74 Å². The van der Waals surface area contributed by atoms with Crippen LogP contribution in [0.4, 0.5) is 32.8 Å². The molecule has 0 radical (unpaired) electrons. The Morgan fingerprint density at radius 1 is 1.15 bits per heavy atom. The third kappa shape index (κ3) is 5.07. The number of anilines is 1. The van der Waals surface area contributed by atoms with Gasteiger partial charge < -0.3 is 20.3 Å². The number of carbonyl (C=O) groups excluding carboxylic acids is 4. The number of benzene rings is 2. The van der Waals surface area contributed by atoms with E-state index in [-0.39, 0.29) is 24.8 Å². The number of imide groups is 1. The van der Waals surface area contributed by atoms with Gasteiger partial charge in [-0.2, -0.15) is 13.2 Å². The number of carbonyl (C=O) groups is 4. The molecule has 1 heterocycles. The van der Waals surface area contributed by atoms with Gasteiger partial charge in [0.15, 0.2) is 0 Å². The zero-order chi connectivity index (χ0) is 28.8. The average Bonchev–Trinajstić information content (AvgIpc) is 3.62. The molecular weight excluding hydrogens is 536 g/mol. The van der Waals surface area contributed by atoms with Crippen molar-refractivity contribution in [2.75, 3.05) is 18.9 Å². The van der Waals surface area contributed by atoms with Gasteiger partial charge in [0, 0.05) is 31.3 Å². The normalized spacial score (nSPS) is 20.8. The molecule has 2 fully saturated rings. The van der Waals surface area contributed by atoms with Crippen LogP contribution in [-0.4, -0.2) is 59.5 Å². The summed E-state index contributed by atoms with van der Waals surface area (Å²) in [7, 11) is 1.45. The predicted octanol–water partition coefficient (Wildman–Crippen LogP) is 4.07. The number of ether oxygens (including phenoxy) is 1. The molecule has 1 aliphatic heterocycles. The largest absolute Gasteiger partial charge is 0.427 e. The van der Waals surface area contributed by atoms with E-state index in [1.54, 1.807) is 6.07 Å². The molecule has 2 aliphatic carbocycles. The monoisotopic (exact) mass is 562 g/mol. The first kappa shape index (κ1) is 27.4. The van der Waals surface area contributed by atoms with Crippen LogP contribution in [0, 0.1) is 11.7 Å². The van der Waals surface area contributed by atoms with Crippen molar-refractivity contribution < 1.29 is 41.5 Å². The molecule has 212 valence electrons. The van der Waals surface area contributed by atoms with Gasteiger partial charge in [-0.25, -0.2) is 18.9 Å². The molecule has 0 bridgehead atoms. The molecule has 13 heteroatoms. The van der Waals surface area contributed by atoms with Crippen molar-refractivity contribution in [3.8, 4) is 0 Å². The van der Waals surface area contributed by atoms with Crippen LogP contribution in [0.15, 0.2) is 42.5 Å². The standard InChI is InChI=1S/C27H26F4N4O5/c1-32-24(38)33-19-8-9-20-17(12-19)10-11-26(20)23(37)35(25(39)40-26)14-21(36)34(13-15-2-6-18(28)7-3-15)22(16-4-5-16)27(29,30)31/h2-3,6-9,12,16,22H,4-5,10-11,13-14H2,1H3,(H2,32,33,38)/t22-,26?/m1/s1. The van der Waals surface area contributed by atoms with Gasteiger partial charge in [0.25, 0.3) is 5.91 Å². The Labute approximate surface area is 226 Å². The Bertz CT molecular complexity index is 1360. The molecule has 40 heavy (non-hydrogen) atoms. The van der Waals surface area contributed by atoms with E-state index in [0.717, 1.165) is 12.1 Å².